The Morgan fingerprint density at radius 3 is 2.60 bits per heavy atom. The van der Waals surface area contributed by atoms with Gasteiger partial charge >= 0.3 is 5.97 Å². The number of hydrogen-bond donors (Lipinski definition) is 1. The molecule has 1 unspecified atom stereocenters. The molecule has 1 N–H and O–H groups in total. The Labute approximate surface area is 123 Å². The highest BCUT2D eigenvalue weighted by atomic mass is 35.5. The number of hydrogen-bond acceptors (Lipinski definition) is 4. The van der Waals surface area contributed by atoms with Crippen molar-refractivity contribution in [1.29, 1.82) is 0 Å². The molecule has 0 saturated carbocycles. The second-order valence-corrected chi connectivity index (χ2v) is 6.65. The maximum atomic E-state index is 12.4. The van der Waals surface area contributed by atoms with Gasteiger partial charge in [-0.2, -0.15) is 4.31 Å². The molecule has 1 aromatic carbocycles. The average molecular weight is 322 g/mol. The second-order valence-electron chi connectivity index (χ2n) is 4.28. The molecule has 0 amide bonds. The van der Waals surface area contributed by atoms with Gasteiger partial charge in [0, 0.05) is 20.2 Å². The second kappa shape index (κ2) is 6.53. The first-order chi connectivity index (χ1) is 9.21. The number of carbonyl (C=O) groups is 1. The van der Waals surface area contributed by atoms with E-state index in [2.05, 4.69) is 0 Å². The van der Waals surface area contributed by atoms with Crippen LogP contribution >= 0.6 is 11.6 Å². The van der Waals surface area contributed by atoms with Crippen LogP contribution in [0.15, 0.2) is 23.1 Å². The third-order valence-corrected chi connectivity index (χ3v) is 5.32. The number of aromatic carboxylic acids is 1. The number of ether oxygens (including phenoxy) is 1. The predicted molar refractivity (Wildman–Crippen MR) is 74.7 cm³/mol. The van der Waals surface area contributed by atoms with Gasteiger partial charge in [0.1, 0.15) is 4.90 Å². The summed E-state index contributed by atoms with van der Waals surface area (Å²) in [5.41, 5.74) is -0.138. The van der Waals surface area contributed by atoms with E-state index in [4.69, 9.17) is 21.4 Å². The molecular formula is C12H16ClNO5S. The van der Waals surface area contributed by atoms with Crippen LogP contribution in [0, 0.1) is 0 Å². The molecule has 0 fully saturated rings. The molecule has 0 radical (unpaired) electrons. The van der Waals surface area contributed by atoms with Crippen molar-refractivity contribution in [3.8, 4) is 0 Å². The van der Waals surface area contributed by atoms with Gasteiger partial charge in [-0.25, -0.2) is 13.2 Å². The maximum absolute atomic E-state index is 12.4. The Morgan fingerprint density at radius 2 is 2.10 bits per heavy atom. The SMILES string of the molecule is COCC(C)N(C)S(=O)(=O)c1cc(C(=O)O)ccc1Cl. The van der Waals surface area contributed by atoms with Crippen molar-refractivity contribution in [2.24, 2.45) is 0 Å². The fraction of sp³-hybridized carbons (Fsp3) is 0.417. The van der Waals surface area contributed by atoms with Crippen molar-refractivity contribution in [2.45, 2.75) is 17.9 Å². The van der Waals surface area contributed by atoms with E-state index in [1.807, 2.05) is 0 Å². The van der Waals surface area contributed by atoms with E-state index in [9.17, 15) is 13.2 Å². The van der Waals surface area contributed by atoms with Crippen LogP contribution in [0.1, 0.15) is 17.3 Å². The van der Waals surface area contributed by atoms with E-state index in [-0.39, 0.29) is 22.1 Å². The summed E-state index contributed by atoms with van der Waals surface area (Å²) in [5, 5.41) is 8.90. The van der Waals surface area contributed by atoms with Gasteiger partial charge in [0.15, 0.2) is 0 Å². The molecule has 0 heterocycles. The van der Waals surface area contributed by atoms with E-state index >= 15 is 0 Å². The van der Waals surface area contributed by atoms with E-state index < -0.39 is 22.0 Å². The van der Waals surface area contributed by atoms with Crippen LogP contribution in [0.5, 0.6) is 0 Å². The van der Waals surface area contributed by atoms with Gasteiger partial charge in [0.05, 0.1) is 17.2 Å². The van der Waals surface area contributed by atoms with Crippen LogP contribution in [0.25, 0.3) is 0 Å². The van der Waals surface area contributed by atoms with Gasteiger partial charge in [-0.3, -0.25) is 0 Å². The fourth-order valence-electron chi connectivity index (χ4n) is 1.57. The van der Waals surface area contributed by atoms with E-state index in [0.717, 1.165) is 10.4 Å². The Balaban J connectivity index is 3.27. The monoisotopic (exact) mass is 321 g/mol. The minimum atomic E-state index is -3.89. The highest BCUT2D eigenvalue weighted by Crippen LogP contribution is 2.26. The van der Waals surface area contributed by atoms with Gasteiger partial charge in [0.25, 0.3) is 0 Å². The van der Waals surface area contributed by atoms with Crippen LogP contribution in [0.2, 0.25) is 5.02 Å². The summed E-state index contributed by atoms with van der Waals surface area (Å²) < 4.78 is 30.9. The molecule has 0 spiro atoms. The van der Waals surface area contributed by atoms with Gasteiger partial charge in [-0.15, -0.1) is 0 Å². The van der Waals surface area contributed by atoms with Crippen LogP contribution in [-0.2, 0) is 14.8 Å². The smallest absolute Gasteiger partial charge is 0.335 e. The quantitative estimate of drug-likeness (QED) is 0.862. The third-order valence-electron chi connectivity index (χ3n) is 2.86. The lowest BCUT2D eigenvalue weighted by atomic mass is 10.2. The lowest BCUT2D eigenvalue weighted by molar-refractivity contribution is 0.0696. The van der Waals surface area contributed by atoms with Crippen molar-refractivity contribution in [3.05, 3.63) is 28.8 Å². The highest BCUT2D eigenvalue weighted by Gasteiger charge is 2.28. The zero-order valence-electron chi connectivity index (χ0n) is 11.3. The van der Waals surface area contributed by atoms with Crippen LogP contribution in [-0.4, -0.2) is 50.6 Å². The number of carboxylic acid groups (broad SMARTS) is 1. The summed E-state index contributed by atoms with van der Waals surface area (Å²) in [6.07, 6.45) is 0. The standard InChI is InChI=1S/C12H16ClNO5S/c1-8(7-19-3)14(2)20(17,18)11-6-9(12(15)16)4-5-10(11)13/h4-6,8H,7H2,1-3H3,(H,15,16). The van der Waals surface area contributed by atoms with Crippen LogP contribution < -0.4 is 0 Å². The normalized spacial score (nSPS) is 13.4. The van der Waals surface area contributed by atoms with Gasteiger partial charge in [0.2, 0.25) is 10.0 Å². The first-order valence-electron chi connectivity index (χ1n) is 5.71. The van der Waals surface area contributed by atoms with Crippen molar-refractivity contribution in [2.75, 3.05) is 20.8 Å². The lowest BCUT2D eigenvalue weighted by Gasteiger charge is -2.24. The summed E-state index contributed by atoms with van der Waals surface area (Å²) in [7, 11) is -1.03. The minimum Gasteiger partial charge on any atom is -0.478 e. The van der Waals surface area contributed by atoms with Crippen LogP contribution in [0.4, 0.5) is 0 Å². The molecule has 8 heteroatoms. The Morgan fingerprint density at radius 1 is 1.50 bits per heavy atom. The average Bonchev–Trinajstić information content (AvgIpc) is 2.37. The Kier molecular flexibility index (Phi) is 5.52. The molecule has 0 aromatic heterocycles. The molecule has 0 aliphatic carbocycles. The summed E-state index contributed by atoms with van der Waals surface area (Å²) in [6.45, 7) is 1.89. The molecule has 1 atom stereocenters. The minimum absolute atomic E-state index is 0.0218. The summed E-state index contributed by atoms with van der Waals surface area (Å²) in [5.74, 6) is -1.22. The number of halogens is 1. The number of sulfonamides is 1. The number of likely N-dealkylation sites (N-methyl/N-ethyl adjacent to an activating group) is 1. The third kappa shape index (κ3) is 3.49. The Hall–Kier alpha value is -1.15. The molecule has 0 bridgehead atoms. The number of rotatable bonds is 6. The first-order valence-corrected chi connectivity index (χ1v) is 7.53. The number of carboxylic acids is 1. The van der Waals surface area contributed by atoms with Crippen molar-refractivity contribution >= 4 is 27.6 Å². The lowest BCUT2D eigenvalue weighted by Crippen LogP contribution is -2.38. The summed E-state index contributed by atoms with van der Waals surface area (Å²) in [4.78, 5) is 10.7. The molecular weight excluding hydrogens is 306 g/mol. The molecule has 112 valence electrons. The van der Waals surface area contributed by atoms with E-state index in [1.165, 1.54) is 26.3 Å². The summed E-state index contributed by atoms with van der Waals surface area (Å²) in [6, 6.07) is 3.15. The number of benzene rings is 1. The van der Waals surface area contributed by atoms with Crippen molar-refractivity contribution < 1.29 is 23.1 Å². The van der Waals surface area contributed by atoms with E-state index in [0.29, 0.717) is 0 Å². The highest BCUT2D eigenvalue weighted by molar-refractivity contribution is 7.89. The number of nitrogens with zero attached hydrogens (tertiary/aromatic N) is 1. The largest absolute Gasteiger partial charge is 0.478 e. The summed E-state index contributed by atoms with van der Waals surface area (Å²) >= 11 is 5.88. The zero-order chi connectivity index (χ0) is 15.5. The van der Waals surface area contributed by atoms with Crippen LogP contribution in [0.3, 0.4) is 0 Å². The Bertz CT molecular complexity index is 602. The topological polar surface area (TPSA) is 83.9 Å². The molecule has 0 saturated heterocycles. The molecule has 1 aromatic rings. The first kappa shape index (κ1) is 16.9. The molecule has 20 heavy (non-hydrogen) atoms. The molecule has 6 nitrogen and oxygen atoms in total. The molecule has 1 rings (SSSR count). The maximum Gasteiger partial charge on any atom is 0.335 e. The van der Waals surface area contributed by atoms with Gasteiger partial charge in [-0.05, 0) is 25.1 Å². The van der Waals surface area contributed by atoms with Crippen molar-refractivity contribution in [3.63, 3.8) is 0 Å². The zero-order valence-corrected chi connectivity index (χ0v) is 12.9. The molecule has 0 aliphatic heterocycles. The number of methoxy groups -OCH3 is 1. The fourth-order valence-corrected chi connectivity index (χ4v) is 3.42. The predicted octanol–water partition coefficient (Wildman–Crippen LogP) is 1.69. The van der Waals surface area contributed by atoms with Gasteiger partial charge in [-0.1, -0.05) is 11.6 Å². The van der Waals surface area contributed by atoms with Crippen molar-refractivity contribution in [1.82, 2.24) is 4.31 Å². The molecule has 0 aliphatic rings. The van der Waals surface area contributed by atoms with E-state index in [1.54, 1.807) is 6.92 Å². The van der Waals surface area contributed by atoms with Gasteiger partial charge < -0.3 is 9.84 Å².